The van der Waals surface area contributed by atoms with Gasteiger partial charge in [-0.25, -0.2) is 0 Å². The minimum Gasteiger partial charge on any atom is -0.455 e. The number of nitrogens with zero attached hydrogens (tertiary/aromatic N) is 2. The van der Waals surface area contributed by atoms with Gasteiger partial charge in [0.05, 0.1) is 28.8 Å². The molecule has 1 aliphatic rings. The first-order chi connectivity index (χ1) is 37.4. The van der Waals surface area contributed by atoms with Gasteiger partial charge in [-0.2, -0.15) is 0 Å². The van der Waals surface area contributed by atoms with E-state index in [1.54, 1.807) is 0 Å². The van der Waals surface area contributed by atoms with E-state index >= 15 is 0 Å². The Hall–Kier alpha value is -9.58. The molecule has 5 heteroatoms. The highest BCUT2D eigenvalue weighted by Crippen LogP contribution is 2.52. The zero-order valence-corrected chi connectivity index (χ0v) is 42.3. The van der Waals surface area contributed by atoms with Gasteiger partial charge in [0, 0.05) is 71.4 Å². The van der Waals surface area contributed by atoms with Crippen LogP contribution in [0.3, 0.4) is 0 Å². The molecule has 0 N–H and O–H groups in total. The van der Waals surface area contributed by atoms with Gasteiger partial charge in [0.1, 0.15) is 22.3 Å². The molecule has 3 aromatic heterocycles. The molecule has 2 atom stereocenters. The van der Waals surface area contributed by atoms with Gasteiger partial charge in [-0.1, -0.05) is 218 Å². The van der Waals surface area contributed by atoms with Gasteiger partial charge in [0.25, 0.3) is 0 Å². The molecule has 15 rings (SSSR count). The zero-order valence-electron chi connectivity index (χ0n) is 42.3. The molecule has 1 aliphatic carbocycles. The van der Waals surface area contributed by atoms with Gasteiger partial charge in [-0.05, 0) is 66.6 Å². The molecular formula is C71H50N2O3. The Labute approximate surface area is 439 Å². The summed E-state index contributed by atoms with van der Waals surface area (Å²) in [6.45, 7) is 6.65. The van der Waals surface area contributed by atoms with Gasteiger partial charge < -0.3 is 23.1 Å². The Morgan fingerprint density at radius 1 is 0.382 bits per heavy atom. The van der Waals surface area contributed by atoms with E-state index in [2.05, 4.69) is 267 Å². The van der Waals surface area contributed by atoms with Crippen molar-refractivity contribution in [3.8, 4) is 22.3 Å². The molecule has 5 nitrogen and oxygen atoms in total. The van der Waals surface area contributed by atoms with E-state index < -0.39 is 0 Å². The van der Waals surface area contributed by atoms with E-state index in [1.165, 1.54) is 11.1 Å². The van der Waals surface area contributed by atoms with Crippen molar-refractivity contribution in [2.24, 2.45) is 5.92 Å². The van der Waals surface area contributed by atoms with Crippen molar-refractivity contribution in [1.29, 1.82) is 0 Å². The van der Waals surface area contributed by atoms with Crippen LogP contribution in [0.4, 0.5) is 28.4 Å². The predicted molar refractivity (Wildman–Crippen MR) is 318 cm³/mol. The Morgan fingerprint density at radius 3 is 1.50 bits per heavy atom. The first-order valence-corrected chi connectivity index (χ1v) is 26.3. The van der Waals surface area contributed by atoms with E-state index in [1.807, 2.05) is 0 Å². The Bertz CT molecular complexity index is 4690. The Balaban J connectivity index is 0.988. The molecule has 14 aromatic rings. The van der Waals surface area contributed by atoms with E-state index in [9.17, 15) is 0 Å². The van der Waals surface area contributed by atoms with Crippen LogP contribution < -0.4 is 9.80 Å². The Kier molecular flexibility index (Phi) is 9.98. The third-order valence-corrected chi connectivity index (χ3v) is 15.8. The third-order valence-electron chi connectivity index (χ3n) is 15.8. The number of hydrogen-bond donors (Lipinski definition) is 0. The summed E-state index contributed by atoms with van der Waals surface area (Å²) in [7, 11) is 0. The van der Waals surface area contributed by atoms with Gasteiger partial charge >= 0.3 is 0 Å². The maximum Gasteiger partial charge on any atom is 0.159 e. The van der Waals surface area contributed by atoms with Gasteiger partial charge in [0.15, 0.2) is 11.2 Å². The molecule has 0 spiro atoms. The fourth-order valence-corrected chi connectivity index (χ4v) is 12.3. The van der Waals surface area contributed by atoms with Crippen LogP contribution in [0.25, 0.3) is 110 Å². The van der Waals surface area contributed by atoms with Crippen LogP contribution in [0.2, 0.25) is 0 Å². The second-order valence-electron chi connectivity index (χ2n) is 20.5. The quantitative estimate of drug-likeness (QED) is 0.152. The van der Waals surface area contributed by atoms with Crippen LogP contribution in [0.5, 0.6) is 0 Å². The van der Waals surface area contributed by atoms with E-state index in [0.29, 0.717) is 0 Å². The average Bonchev–Trinajstić information content (AvgIpc) is 4.30. The summed E-state index contributed by atoms with van der Waals surface area (Å²) >= 11 is 0. The average molecular weight is 979 g/mol. The largest absolute Gasteiger partial charge is 0.455 e. The summed E-state index contributed by atoms with van der Waals surface area (Å²) < 4.78 is 21.7. The van der Waals surface area contributed by atoms with Crippen molar-refractivity contribution in [3.05, 3.63) is 248 Å². The highest BCUT2D eigenvalue weighted by Gasteiger charge is 2.32. The molecule has 3 heterocycles. The molecule has 0 saturated heterocycles. The van der Waals surface area contributed by atoms with Crippen molar-refractivity contribution in [3.63, 3.8) is 0 Å². The van der Waals surface area contributed by atoms with Crippen molar-refractivity contribution < 1.29 is 13.3 Å². The topological polar surface area (TPSA) is 45.9 Å². The van der Waals surface area contributed by atoms with Gasteiger partial charge in [-0.15, -0.1) is 0 Å². The maximum atomic E-state index is 7.33. The number of allylic oxidation sites excluding steroid dienone is 2. The fraction of sp³-hybridized carbons (Fsp3) is 0.0704. The highest BCUT2D eigenvalue weighted by molar-refractivity contribution is 6.28. The normalized spacial score (nSPS) is 14.8. The second-order valence-corrected chi connectivity index (χ2v) is 20.5. The van der Waals surface area contributed by atoms with Crippen LogP contribution in [0, 0.1) is 12.8 Å². The fourth-order valence-electron chi connectivity index (χ4n) is 12.3. The lowest BCUT2D eigenvalue weighted by atomic mass is 9.90. The lowest BCUT2D eigenvalue weighted by Gasteiger charge is -2.37. The minimum atomic E-state index is -0.0359. The molecule has 0 amide bonds. The SMILES string of the molecule is CC1=CC(C)C(N(c2cc3c(oc4cc(N(c5ccc(C)cc5)c5cccc6c5oc5c(-c7ccccc7)cccc56)c5ccccc5c43)c3ccccc23)c2cccc3c2oc2c(-c4ccccc4)cccc23)C=C1. The van der Waals surface area contributed by atoms with Crippen LogP contribution in [-0.2, 0) is 0 Å². The van der Waals surface area contributed by atoms with Crippen LogP contribution in [-0.4, -0.2) is 6.04 Å². The molecule has 0 fully saturated rings. The number of rotatable bonds is 8. The molecule has 0 aliphatic heterocycles. The number of para-hydroxylation sites is 4. The summed E-state index contributed by atoms with van der Waals surface area (Å²) in [5.74, 6) is 0.178. The second kappa shape index (κ2) is 17.3. The molecule has 11 aromatic carbocycles. The molecule has 0 bridgehead atoms. The van der Waals surface area contributed by atoms with Gasteiger partial charge in [0.2, 0.25) is 0 Å². The summed E-state index contributed by atoms with van der Waals surface area (Å²) in [6, 6.07) is 78.1. The molecule has 362 valence electrons. The summed E-state index contributed by atoms with van der Waals surface area (Å²) in [5.41, 5.74) is 16.9. The maximum absolute atomic E-state index is 7.33. The highest BCUT2D eigenvalue weighted by atomic mass is 16.3. The summed E-state index contributed by atoms with van der Waals surface area (Å²) in [4.78, 5) is 4.89. The monoisotopic (exact) mass is 978 g/mol. The smallest absolute Gasteiger partial charge is 0.159 e. The predicted octanol–water partition coefficient (Wildman–Crippen LogP) is 20.5. The number of benzene rings is 11. The third kappa shape index (κ3) is 6.78. The van der Waals surface area contributed by atoms with Crippen molar-refractivity contribution in [2.45, 2.75) is 26.8 Å². The first-order valence-electron chi connectivity index (χ1n) is 26.3. The molecule has 0 saturated carbocycles. The van der Waals surface area contributed by atoms with E-state index in [-0.39, 0.29) is 12.0 Å². The number of fused-ring (bicyclic) bond motifs is 13. The van der Waals surface area contributed by atoms with E-state index in [4.69, 9.17) is 13.3 Å². The zero-order chi connectivity index (χ0) is 50.6. The lowest BCUT2D eigenvalue weighted by molar-refractivity contribution is 0.601. The van der Waals surface area contributed by atoms with Crippen LogP contribution >= 0.6 is 0 Å². The van der Waals surface area contributed by atoms with Crippen molar-refractivity contribution >= 4 is 116 Å². The standard InChI is InChI=1S/C71H50N2O3/c1-43-34-37-48(38-35-43)72(61-32-16-30-57-55-28-14-26-49(67(55)75-70(57)61)46-18-6-4-7-19-46)64-42-65-66(53-24-12-10-22-51(53)64)59-41-63(52-23-11-13-25-54(52)69(59)74-65)73(60-39-36-44(2)40-45(60)3)62-33-17-31-58-56-29-15-27-50(68(56)76-71(58)62)47-20-8-5-9-21-47/h4-42,45,60H,1-3H3. The van der Waals surface area contributed by atoms with E-state index in [0.717, 1.165) is 138 Å². The van der Waals surface area contributed by atoms with Crippen LogP contribution in [0.15, 0.2) is 255 Å². The first kappa shape index (κ1) is 44.0. The van der Waals surface area contributed by atoms with Crippen LogP contribution in [0.1, 0.15) is 19.4 Å². The molecular weight excluding hydrogens is 929 g/mol. The minimum absolute atomic E-state index is 0.0359. The number of aryl methyl sites for hydroxylation is 1. The molecule has 76 heavy (non-hydrogen) atoms. The van der Waals surface area contributed by atoms with Crippen molar-refractivity contribution in [1.82, 2.24) is 0 Å². The van der Waals surface area contributed by atoms with Gasteiger partial charge in [-0.3, -0.25) is 0 Å². The Morgan fingerprint density at radius 2 is 0.882 bits per heavy atom. The lowest BCUT2D eigenvalue weighted by Crippen LogP contribution is -2.35. The van der Waals surface area contributed by atoms with Crippen molar-refractivity contribution in [2.75, 3.05) is 9.80 Å². The summed E-state index contributed by atoms with van der Waals surface area (Å²) in [6.07, 6.45) is 7.03. The molecule has 0 radical (unpaired) electrons. The summed E-state index contributed by atoms with van der Waals surface area (Å²) in [5, 5.41) is 10.8. The molecule has 2 unspecified atom stereocenters. The number of furan rings is 3. The number of anilines is 5. The number of hydrogen-bond acceptors (Lipinski definition) is 5.